The lowest BCUT2D eigenvalue weighted by Crippen LogP contribution is -2.62. The molecule has 1 aliphatic heterocycles. The maximum absolute atomic E-state index is 4.29. The van der Waals surface area contributed by atoms with E-state index in [2.05, 4.69) is 87.3 Å². The van der Waals surface area contributed by atoms with Gasteiger partial charge in [-0.15, -0.1) is 15.3 Å². The van der Waals surface area contributed by atoms with E-state index in [1.54, 1.807) is 6.42 Å². The monoisotopic (exact) mass is 436 g/mol. The molecule has 0 bridgehead atoms. The number of rotatable bonds is 4. The Balaban J connectivity index is 3.49. The first-order valence-electron chi connectivity index (χ1n) is 8.40. The first kappa shape index (κ1) is 20.6. The number of halogens is 1. The largest absolute Gasteiger partial charge is 0.127 e. The minimum absolute atomic E-state index is 0.709. The summed E-state index contributed by atoms with van der Waals surface area (Å²) >= 11 is 4.29. The van der Waals surface area contributed by atoms with Crippen molar-refractivity contribution in [1.82, 2.24) is 0 Å². The highest BCUT2D eigenvalue weighted by Crippen LogP contribution is 2.67. The Morgan fingerprint density at radius 3 is 1.05 bits per heavy atom. The van der Waals surface area contributed by atoms with Crippen molar-refractivity contribution in [2.45, 2.75) is 93.4 Å². The minimum Gasteiger partial charge on any atom is -0.127 e. The van der Waals surface area contributed by atoms with Crippen LogP contribution < -0.4 is 0 Å². The standard InChI is InChI=1S/C15H37BrSi5/c1-18(2,3)14(19(4,5)6)12-13-15(17-14,20(7,8)9)21(10,11)16/h12-13H2,1-11H3. The lowest BCUT2D eigenvalue weighted by Gasteiger charge is -2.54. The Bertz CT molecular complexity index is 326. The molecule has 21 heavy (non-hydrogen) atoms. The SMILES string of the molecule is C[Si](C)(C)C1([Si](C)(C)C)CCC([Si](C)(C)C)([Si](C)(C)Br)[Si]1. The first-order chi connectivity index (χ1) is 8.91. The van der Waals surface area contributed by atoms with Crippen LogP contribution in [0.5, 0.6) is 0 Å². The maximum Gasteiger partial charge on any atom is 0.124 e. The van der Waals surface area contributed by atoms with Gasteiger partial charge in [-0.3, -0.25) is 0 Å². The van der Waals surface area contributed by atoms with E-state index >= 15 is 0 Å². The molecule has 1 rings (SSSR count). The molecule has 0 aromatic carbocycles. The highest BCUT2D eigenvalue weighted by Gasteiger charge is 2.67. The summed E-state index contributed by atoms with van der Waals surface area (Å²) in [7, 11) is -2.26. The summed E-state index contributed by atoms with van der Waals surface area (Å²) in [5.41, 5.74) is 0. The smallest absolute Gasteiger partial charge is 0.124 e. The fourth-order valence-electron chi connectivity index (χ4n) is 5.01. The van der Waals surface area contributed by atoms with Gasteiger partial charge in [-0.25, -0.2) is 0 Å². The van der Waals surface area contributed by atoms with Crippen LogP contribution in [0.15, 0.2) is 0 Å². The molecule has 0 nitrogen and oxygen atoms in total. The molecule has 1 saturated heterocycles. The molecule has 2 radical (unpaired) electrons. The molecule has 0 spiro atoms. The van der Waals surface area contributed by atoms with Gasteiger partial charge in [0.05, 0.1) is 0 Å². The van der Waals surface area contributed by atoms with Crippen LogP contribution in [0, 0.1) is 0 Å². The van der Waals surface area contributed by atoms with Crippen molar-refractivity contribution in [1.29, 1.82) is 0 Å². The van der Waals surface area contributed by atoms with Crippen LogP contribution in [-0.2, 0) is 0 Å². The lowest BCUT2D eigenvalue weighted by atomic mass is 10.4. The zero-order chi connectivity index (χ0) is 17.1. The second-order valence-corrected chi connectivity index (χ2v) is 41.4. The highest BCUT2D eigenvalue weighted by molar-refractivity contribution is 9.26. The third kappa shape index (κ3) is 3.23. The van der Waals surface area contributed by atoms with Gasteiger partial charge < -0.3 is 0 Å². The molecule has 0 aliphatic carbocycles. The van der Waals surface area contributed by atoms with Gasteiger partial charge in [0.15, 0.2) is 0 Å². The van der Waals surface area contributed by atoms with E-state index < -0.39 is 30.9 Å². The summed E-state index contributed by atoms with van der Waals surface area (Å²) in [6, 6.07) is 0. The second-order valence-electron chi connectivity index (χ2n) is 10.7. The minimum atomic E-state index is -1.33. The van der Waals surface area contributed by atoms with Crippen LogP contribution in [0.4, 0.5) is 0 Å². The molecule has 0 aromatic rings. The predicted molar refractivity (Wildman–Crippen MR) is 117 cm³/mol. The molecule has 1 atom stereocenters. The van der Waals surface area contributed by atoms with Crippen molar-refractivity contribution in [2.75, 3.05) is 0 Å². The van der Waals surface area contributed by atoms with E-state index in [1.807, 2.05) is 0 Å². The van der Waals surface area contributed by atoms with Gasteiger partial charge >= 0.3 is 0 Å². The molecular formula is C15H37BrSi5. The lowest BCUT2D eigenvalue weighted by molar-refractivity contribution is 0.768. The molecule has 1 heterocycles. The van der Waals surface area contributed by atoms with Crippen LogP contribution in [0.3, 0.4) is 0 Å². The maximum atomic E-state index is 4.29. The molecule has 0 amide bonds. The number of hydrogen-bond acceptors (Lipinski definition) is 0. The van der Waals surface area contributed by atoms with Gasteiger partial charge in [0.1, 0.15) is 6.69 Å². The van der Waals surface area contributed by atoms with Gasteiger partial charge in [-0.1, -0.05) is 84.9 Å². The van der Waals surface area contributed by atoms with E-state index in [0.29, 0.717) is 4.28 Å². The third-order valence-corrected chi connectivity index (χ3v) is 41.2. The Kier molecular flexibility index (Phi) is 5.44. The van der Waals surface area contributed by atoms with Crippen molar-refractivity contribution in [3.05, 3.63) is 0 Å². The van der Waals surface area contributed by atoms with Gasteiger partial charge in [-0.05, 0) is 8.57 Å². The highest BCUT2D eigenvalue weighted by atomic mass is 79.9. The predicted octanol–water partition coefficient (Wildman–Crippen LogP) is 6.57. The summed E-state index contributed by atoms with van der Waals surface area (Å²) in [5.74, 6) is 0. The number of hydrogen-bond donors (Lipinski definition) is 0. The zero-order valence-electron chi connectivity index (χ0n) is 16.3. The van der Waals surface area contributed by atoms with Crippen LogP contribution in [0.2, 0.25) is 80.6 Å². The van der Waals surface area contributed by atoms with Crippen molar-refractivity contribution in [3.63, 3.8) is 0 Å². The normalized spacial score (nSPS) is 28.0. The third-order valence-electron chi connectivity index (χ3n) is 6.16. The molecule has 0 N–H and O–H groups in total. The van der Waals surface area contributed by atoms with Crippen LogP contribution in [0.25, 0.3) is 0 Å². The van der Waals surface area contributed by atoms with Gasteiger partial charge in [0.25, 0.3) is 0 Å². The summed E-state index contributed by atoms with van der Waals surface area (Å²) in [6.07, 6.45) is 3.07. The van der Waals surface area contributed by atoms with E-state index in [4.69, 9.17) is 0 Å². The van der Waals surface area contributed by atoms with Crippen LogP contribution in [-0.4, -0.2) is 40.4 Å². The Labute approximate surface area is 148 Å². The van der Waals surface area contributed by atoms with E-state index in [1.165, 1.54) is 15.9 Å². The fraction of sp³-hybridized carbons (Fsp3) is 1.00. The van der Waals surface area contributed by atoms with Crippen molar-refractivity contribution in [3.8, 4) is 0 Å². The summed E-state index contributed by atoms with van der Waals surface area (Å²) in [5, 5.41) is 0. The molecule has 1 fully saturated rings. The first-order valence-corrected chi connectivity index (χ1v) is 25.2. The van der Waals surface area contributed by atoms with E-state index in [-0.39, 0.29) is 0 Å². The van der Waals surface area contributed by atoms with Gasteiger partial charge in [0.2, 0.25) is 0 Å². The summed E-state index contributed by atoms with van der Waals surface area (Å²) < 4.78 is 1.47. The molecular weight excluding hydrogens is 400 g/mol. The topological polar surface area (TPSA) is 0 Å². The Morgan fingerprint density at radius 1 is 0.619 bits per heavy atom. The molecule has 124 valence electrons. The Morgan fingerprint density at radius 2 is 0.905 bits per heavy atom. The van der Waals surface area contributed by atoms with E-state index in [0.717, 1.165) is 4.28 Å². The Hall–Kier alpha value is 1.56. The average molecular weight is 438 g/mol. The molecule has 0 saturated carbocycles. The molecule has 1 unspecified atom stereocenters. The quantitative estimate of drug-likeness (QED) is 0.344. The van der Waals surface area contributed by atoms with Gasteiger partial charge in [-0.2, -0.15) is 0 Å². The van der Waals surface area contributed by atoms with Crippen molar-refractivity contribution in [2.24, 2.45) is 0 Å². The fourth-order valence-corrected chi connectivity index (χ4v) is 42.3. The molecule has 6 heteroatoms. The van der Waals surface area contributed by atoms with Crippen molar-refractivity contribution < 1.29 is 0 Å². The van der Waals surface area contributed by atoms with Crippen molar-refractivity contribution >= 4 is 55.7 Å². The van der Waals surface area contributed by atoms with E-state index in [9.17, 15) is 0 Å². The molecule has 0 aromatic heterocycles. The zero-order valence-corrected chi connectivity index (χ0v) is 22.9. The summed E-state index contributed by atoms with van der Waals surface area (Å²) in [6.45, 7) is 27.8. The van der Waals surface area contributed by atoms with Gasteiger partial charge in [0, 0.05) is 33.7 Å². The summed E-state index contributed by atoms with van der Waals surface area (Å²) in [4.78, 5) is 0. The van der Waals surface area contributed by atoms with Crippen LogP contribution >= 0.6 is 15.3 Å². The van der Waals surface area contributed by atoms with Crippen LogP contribution in [0.1, 0.15) is 12.8 Å². The average Bonchev–Trinajstić information content (AvgIpc) is 2.54. The second kappa shape index (κ2) is 5.54. The molecule has 1 aliphatic rings.